The van der Waals surface area contributed by atoms with Gasteiger partial charge in [0.1, 0.15) is 6.54 Å². The Kier molecular flexibility index (Phi) is 5.64. The van der Waals surface area contributed by atoms with Crippen molar-refractivity contribution in [2.45, 2.75) is 19.3 Å². The summed E-state index contributed by atoms with van der Waals surface area (Å²) in [5.41, 5.74) is 0. The lowest BCUT2D eigenvalue weighted by molar-refractivity contribution is -0.127. The van der Waals surface area contributed by atoms with Crippen LogP contribution >= 0.6 is 0 Å². The average molecular weight is 282 g/mol. The molecule has 1 atom stereocenters. The van der Waals surface area contributed by atoms with E-state index in [2.05, 4.69) is 15.6 Å². The van der Waals surface area contributed by atoms with E-state index >= 15 is 0 Å². The number of hydrogen-bond donors (Lipinski definition) is 2. The highest BCUT2D eigenvalue weighted by Gasteiger charge is 2.22. The standard InChI is InChI=1S/C14H26N4O2/c1-18(2)13(19)9-17-14(15-7-11-3-4-11)16-8-12-5-6-20-10-12/h11-12H,3-10H2,1-2H3,(H2,15,16,17). The molecular weight excluding hydrogens is 256 g/mol. The highest BCUT2D eigenvalue weighted by molar-refractivity contribution is 5.84. The molecule has 2 fully saturated rings. The first kappa shape index (κ1) is 15.1. The number of likely N-dealkylation sites (N-methyl/N-ethyl adjacent to an activating group) is 1. The number of ether oxygens (including phenoxy) is 1. The van der Waals surface area contributed by atoms with Crippen molar-refractivity contribution in [1.29, 1.82) is 0 Å². The fourth-order valence-electron chi connectivity index (χ4n) is 2.01. The second-order valence-electron chi connectivity index (χ2n) is 5.89. The quantitative estimate of drug-likeness (QED) is 0.534. The molecule has 0 bridgehead atoms. The maximum Gasteiger partial charge on any atom is 0.243 e. The number of hydrogen-bond acceptors (Lipinski definition) is 3. The normalized spacial score (nSPS) is 22.7. The monoisotopic (exact) mass is 282 g/mol. The molecule has 20 heavy (non-hydrogen) atoms. The van der Waals surface area contributed by atoms with Crippen LogP contribution in [0.1, 0.15) is 19.3 Å². The van der Waals surface area contributed by atoms with Gasteiger partial charge in [-0.25, -0.2) is 4.99 Å². The van der Waals surface area contributed by atoms with Crippen molar-refractivity contribution >= 4 is 11.9 Å². The summed E-state index contributed by atoms with van der Waals surface area (Å²) in [6.45, 7) is 3.66. The van der Waals surface area contributed by atoms with E-state index in [0.717, 1.165) is 44.6 Å². The molecule has 1 unspecified atom stereocenters. The molecule has 6 heteroatoms. The van der Waals surface area contributed by atoms with Gasteiger partial charge in [0.05, 0.1) is 6.61 Å². The molecule has 0 aromatic heterocycles. The molecule has 1 aliphatic heterocycles. The first-order valence-corrected chi connectivity index (χ1v) is 7.45. The Labute approximate surface area is 121 Å². The van der Waals surface area contributed by atoms with Crippen molar-refractivity contribution in [1.82, 2.24) is 15.5 Å². The minimum Gasteiger partial charge on any atom is -0.381 e. The summed E-state index contributed by atoms with van der Waals surface area (Å²) >= 11 is 0. The van der Waals surface area contributed by atoms with Crippen LogP contribution in [0.25, 0.3) is 0 Å². The maximum atomic E-state index is 11.6. The van der Waals surface area contributed by atoms with Crippen LogP contribution in [-0.2, 0) is 9.53 Å². The lowest BCUT2D eigenvalue weighted by Crippen LogP contribution is -2.41. The molecule has 1 saturated carbocycles. The molecule has 2 aliphatic rings. The van der Waals surface area contributed by atoms with E-state index in [9.17, 15) is 4.79 Å². The van der Waals surface area contributed by atoms with Crippen molar-refractivity contribution in [3.8, 4) is 0 Å². The summed E-state index contributed by atoms with van der Waals surface area (Å²) in [6, 6.07) is 0. The highest BCUT2D eigenvalue weighted by atomic mass is 16.5. The molecule has 0 radical (unpaired) electrons. The van der Waals surface area contributed by atoms with E-state index in [-0.39, 0.29) is 12.5 Å². The van der Waals surface area contributed by atoms with E-state index in [1.807, 2.05) is 0 Å². The lowest BCUT2D eigenvalue weighted by atomic mass is 10.1. The van der Waals surface area contributed by atoms with Crippen LogP contribution in [0.2, 0.25) is 0 Å². The Morgan fingerprint density at radius 3 is 2.45 bits per heavy atom. The first-order chi connectivity index (χ1) is 9.65. The van der Waals surface area contributed by atoms with E-state index in [1.54, 1.807) is 19.0 Å². The van der Waals surface area contributed by atoms with Crippen molar-refractivity contribution < 1.29 is 9.53 Å². The van der Waals surface area contributed by atoms with Gasteiger partial charge in [-0.3, -0.25) is 4.79 Å². The fraction of sp³-hybridized carbons (Fsp3) is 0.857. The molecule has 6 nitrogen and oxygen atoms in total. The third kappa shape index (κ3) is 5.36. The van der Waals surface area contributed by atoms with Gasteiger partial charge in [0.2, 0.25) is 5.91 Å². The van der Waals surface area contributed by atoms with E-state index in [1.165, 1.54) is 12.8 Å². The summed E-state index contributed by atoms with van der Waals surface area (Å²) in [7, 11) is 3.50. The molecule has 1 saturated heterocycles. The van der Waals surface area contributed by atoms with Gasteiger partial charge < -0.3 is 20.3 Å². The Morgan fingerprint density at radius 1 is 1.20 bits per heavy atom. The molecular formula is C14H26N4O2. The number of amides is 1. The van der Waals surface area contributed by atoms with E-state index < -0.39 is 0 Å². The summed E-state index contributed by atoms with van der Waals surface area (Å²) in [6.07, 6.45) is 3.69. The molecule has 0 spiro atoms. The van der Waals surface area contributed by atoms with Gasteiger partial charge in [-0.2, -0.15) is 0 Å². The summed E-state index contributed by atoms with van der Waals surface area (Å²) in [4.78, 5) is 17.5. The summed E-state index contributed by atoms with van der Waals surface area (Å²) in [5.74, 6) is 2.09. The third-order valence-electron chi connectivity index (χ3n) is 3.71. The third-order valence-corrected chi connectivity index (χ3v) is 3.71. The number of nitrogens with one attached hydrogen (secondary N) is 2. The Hall–Kier alpha value is -1.30. The summed E-state index contributed by atoms with van der Waals surface area (Å²) < 4.78 is 5.37. The number of guanidine groups is 1. The molecule has 1 aliphatic carbocycles. The number of rotatable bonds is 6. The van der Waals surface area contributed by atoms with Crippen molar-refractivity contribution in [3.05, 3.63) is 0 Å². The molecule has 0 aromatic carbocycles. The predicted molar refractivity (Wildman–Crippen MR) is 78.7 cm³/mol. The topological polar surface area (TPSA) is 66.0 Å². The molecule has 1 heterocycles. The van der Waals surface area contributed by atoms with Crippen molar-refractivity contribution in [2.75, 3.05) is 46.9 Å². The van der Waals surface area contributed by atoms with Gasteiger partial charge in [0.25, 0.3) is 0 Å². The van der Waals surface area contributed by atoms with Crippen LogP contribution in [0.3, 0.4) is 0 Å². The zero-order valence-corrected chi connectivity index (χ0v) is 12.5. The predicted octanol–water partition coefficient (Wildman–Crippen LogP) is 0.0563. The van der Waals surface area contributed by atoms with Gasteiger partial charge in [-0.1, -0.05) is 0 Å². The van der Waals surface area contributed by atoms with Crippen molar-refractivity contribution in [3.63, 3.8) is 0 Å². The van der Waals surface area contributed by atoms with Crippen LogP contribution in [0.4, 0.5) is 0 Å². The zero-order valence-electron chi connectivity index (χ0n) is 12.5. The minimum atomic E-state index is 0.0155. The number of carbonyl (C=O) groups is 1. The number of nitrogens with zero attached hydrogens (tertiary/aromatic N) is 2. The molecule has 114 valence electrons. The van der Waals surface area contributed by atoms with Crippen LogP contribution in [0, 0.1) is 11.8 Å². The van der Waals surface area contributed by atoms with Gasteiger partial charge >= 0.3 is 0 Å². The number of aliphatic imine (C=N–C) groups is 1. The lowest BCUT2D eigenvalue weighted by Gasteiger charge is -2.15. The summed E-state index contributed by atoms with van der Waals surface area (Å²) in [5, 5.41) is 6.65. The fourth-order valence-corrected chi connectivity index (χ4v) is 2.01. The average Bonchev–Trinajstić information content (AvgIpc) is 3.11. The van der Waals surface area contributed by atoms with Gasteiger partial charge in [-0.15, -0.1) is 0 Å². The van der Waals surface area contributed by atoms with Gasteiger partial charge in [0.15, 0.2) is 5.96 Å². The molecule has 2 N–H and O–H groups in total. The van der Waals surface area contributed by atoms with Crippen LogP contribution < -0.4 is 10.6 Å². The molecule has 1 amide bonds. The second-order valence-corrected chi connectivity index (χ2v) is 5.89. The van der Waals surface area contributed by atoms with Gasteiger partial charge in [-0.05, 0) is 25.2 Å². The highest BCUT2D eigenvalue weighted by Crippen LogP contribution is 2.27. The maximum absolute atomic E-state index is 11.6. The smallest absolute Gasteiger partial charge is 0.243 e. The molecule has 2 rings (SSSR count). The van der Waals surface area contributed by atoms with Gasteiger partial charge in [0, 0.05) is 39.7 Å². The number of carbonyl (C=O) groups excluding carboxylic acids is 1. The minimum absolute atomic E-state index is 0.0155. The SMILES string of the molecule is CN(C)C(=O)CN=C(NCC1CC1)NCC1CCOC1. The Bertz CT molecular complexity index is 347. The van der Waals surface area contributed by atoms with E-state index in [0.29, 0.717) is 5.92 Å². The zero-order chi connectivity index (χ0) is 14.4. The van der Waals surface area contributed by atoms with Crippen LogP contribution in [0.5, 0.6) is 0 Å². The Morgan fingerprint density at radius 2 is 1.90 bits per heavy atom. The second kappa shape index (κ2) is 7.47. The first-order valence-electron chi connectivity index (χ1n) is 7.45. The van der Waals surface area contributed by atoms with Crippen molar-refractivity contribution in [2.24, 2.45) is 16.8 Å². The molecule has 0 aromatic rings. The largest absolute Gasteiger partial charge is 0.381 e. The van der Waals surface area contributed by atoms with E-state index in [4.69, 9.17) is 4.74 Å². The Balaban J connectivity index is 1.77. The van der Waals surface area contributed by atoms with Crippen LogP contribution in [0.15, 0.2) is 4.99 Å². The van der Waals surface area contributed by atoms with Crippen LogP contribution in [-0.4, -0.2) is 63.7 Å².